The number of fused-ring (bicyclic) bond motifs is 1. The maximum Gasteiger partial charge on any atom is 0.259 e. The molecule has 2 N–H and O–H groups in total. The van der Waals surface area contributed by atoms with Crippen LogP contribution in [0.5, 0.6) is 0 Å². The van der Waals surface area contributed by atoms with Crippen LogP contribution in [-0.2, 0) is 43.3 Å². The quantitative estimate of drug-likeness (QED) is 0.0737. The predicted molar refractivity (Wildman–Crippen MR) is 208 cm³/mol. The van der Waals surface area contributed by atoms with E-state index >= 15 is 0 Å². The zero-order valence-electron chi connectivity index (χ0n) is 33.1. The summed E-state index contributed by atoms with van der Waals surface area (Å²) in [5.74, 6) is -0.169. The second-order valence-corrected chi connectivity index (χ2v) is 15.3. The number of pyridine rings is 1. The number of nitrogens with zero attached hydrogens (tertiary/aromatic N) is 6. The number of hydrazine groups is 1. The number of benzene rings is 1. The van der Waals surface area contributed by atoms with Gasteiger partial charge in [-0.05, 0) is 74.9 Å². The molecule has 0 bridgehead atoms. The van der Waals surface area contributed by atoms with Crippen LogP contribution in [0.2, 0.25) is 0 Å². The number of hydrogen-bond acceptors (Lipinski definition) is 11. The molecule has 296 valence electrons. The highest BCUT2D eigenvalue weighted by molar-refractivity contribution is 5.95. The van der Waals surface area contributed by atoms with E-state index in [1.807, 2.05) is 46.8 Å². The molecule has 1 aliphatic heterocycles. The molecule has 0 aliphatic carbocycles. The van der Waals surface area contributed by atoms with Crippen molar-refractivity contribution in [2.75, 3.05) is 33.9 Å². The fourth-order valence-electron chi connectivity index (χ4n) is 7.43. The number of carbonyl (C=O) groups excluding carboxylic acids is 3. The summed E-state index contributed by atoms with van der Waals surface area (Å²) >= 11 is 0. The number of amides is 3. The van der Waals surface area contributed by atoms with Gasteiger partial charge in [0.2, 0.25) is 12.3 Å². The summed E-state index contributed by atoms with van der Waals surface area (Å²) in [7, 11) is 3.21. The molecular formula is C40H54N8O7. The number of methoxy groups -OCH3 is 1. The van der Waals surface area contributed by atoms with Crippen LogP contribution >= 0.6 is 0 Å². The Labute approximate surface area is 322 Å². The van der Waals surface area contributed by atoms with Crippen LogP contribution in [0.25, 0.3) is 33.5 Å². The van der Waals surface area contributed by atoms with Gasteiger partial charge in [-0.15, -0.1) is 4.91 Å². The standard InChI is InChI=1S/C40H54N8O7/c1-9-47-32-15-14-27(19-29(32)30(21-40(5,6)23-54-45-52)37(47)28-13-12-16-41-35(28)26(4)53-8)33-22-42-34(55-33)20-31(39(51)48-18-11-10-17-43-48)44-38(50)36(25(2)3)46(7)24-49/h12-16,19,22,24-26,31,36,43H,9-11,17-18,20-21,23H2,1-8H3,(H,44,50). The molecule has 3 amide bonds. The van der Waals surface area contributed by atoms with Crippen molar-refractivity contribution in [1.29, 1.82) is 0 Å². The van der Waals surface area contributed by atoms with Crippen LogP contribution in [-0.4, -0.2) is 88.6 Å². The van der Waals surface area contributed by atoms with Crippen LogP contribution < -0.4 is 10.7 Å². The van der Waals surface area contributed by atoms with Crippen LogP contribution in [0.15, 0.2) is 52.5 Å². The van der Waals surface area contributed by atoms with Gasteiger partial charge in [-0.2, -0.15) is 0 Å². The van der Waals surface area contributed by atoms with Crippen LogP contribution in [0.1, 0.15) is 77.6 Å². The van der Waals surface area contributed by atoms with E-state index < -0.39 is 23.4 Å². The maximum atomic E-state index is 13.8. The molecule has 3 unspecified atom stereocenters. The third kappa shape index (κ3) is 9.22. The first-order valence-electron chi connectivity index (χ1n) is 18.9. The lowest BCUT2D eigenvalue weighted by molar-refractivity contribution is -0.142. The zero-order valence-corrected chi connectivity index (χ0v) is 33.1. The Hall–Kier alpha value is -5.15. The Balaban J connectivity index is 1.56. The van der Waals surface area contributed by atoms with E-state index in [0.717, 1.165) is 51.8 Å². The first-order valence-corrected chi connectivity index (χ1v) is 18.9. The average Bonchev–Trinajstić information content (AvgIpc) is 3.77. The van der Waals surface area contributed by atoms with Gasteiger partial charge < -0.3 is 28.8 Å². The molecule has 0 spiro atoms. The van der Waals surface area contributed by atoms with Crippen molar-refractivity contribution in [3.63, 3.8) is 0 Å². The molecule has 4 aromatic rings. The smallest absolute Gasteiger partial charge is 0.259 e. The number of aryl methyl sites for hydroxylation is 1. The highest BCUT2D eigenvalue weighted by atomic mass is 16.7. The van der Waals surface area contributed by atoms with E-state index in [1.54, 1.807) is 26.6 Å². The Bertz CT molecular complexity index is 1970. The monoisotopic (exact) mass is 758 g/mol. The summed E-state index contributed by atoms with van der Waals surface area (Å²) in [6, 6.07) is 8.31. The minimum absolute atomic E-state index is 0.00263. The summed E-state index contributed by atoms with van der Waals surface area (Å²) in [5, 5.41) is 8.08. The molecule has 1 aromatic carbocycles. The number of oxazole rings is 1. The average molecular weight is 759 g/mol. The predicted octanol–water partition coefficient (Wildman–Crippen LogP) is 5.62. The molecule has 3 aromatic heterocycles. The minimum Gasteiger partial charge on any atom is -0.441 e. The van der Waals surface area contributed by atoms with Crippen LogP contribution in [0.4, 0.5) is 0 Å². The first-order chi connectivity index (χ1) is 26.3. The molecule has 55 heavy (non-hydrogen) atoms. The van der Waals surface area contributed by atoms with E-state index in [2.05, 4.69) is 50.8 Å². The van der Waals surface area contributed by atoms with Crippen molar-refractivity contribution in [3.8, 4) is 22.6 Å². The number of rotatable bonds is 18. The fourth-order valence-corrected chi connectivity index (χ4v) is 7.43. The number of likely N-dealkylation sites (N-methyl/N-ethyl adjacent to an activating group) is 1. The second-order valence-electron chi connectivity index (χ2n) is 15.3. The van der Waals surface area contributed by atoms with Crippen molar-refractivity contribution in [3.05, 3.63) is 64.8 Å². The summed E-state index contributed by atoms with van der Waals surface area (Å²) in [4.78, 5) is 65.6. The van der Waals surface area contributed by atoms with Gasteiger partial charge >= 0.3 is 0 Å². The highest BCUT2D eigenvalue weighted by Gasteiger charge is 2.34. The Morgan fingerprint density at radius 1 is 1.18 bits per heavy atom. The largest absolute Gasteiger partial charge is 0.441 e. The highest BCUT2D eigenvalue weighted by Crippen LogP contribution is 2.41. The van der Waals surface area contributed by atoms with Gasteiger partial charge in [0, 0.05) is 67.4 Å². The molecule has 1 fully saturated rings. The van der Waals surface area contributed by atoms with E-state index in [9.17, 15) is 19.3 Å². The molecule has 15 heteroatoms. The van der Waals surface area contributed by atoms with Gasteiger partial charge in [-0.1, -0.05) is 27.7 Å². The third-order valence-electron chi connectivity index (χ3n) is 10.2. The van der Waals surface area contributed by atoms with Crippen molar-refractivity contribution >= 4 is 29.1 Å². The van der Waals surface area contributed by atoms with E-state index in [-0.39, 0.29) is 36.8 Å². The Morgan fingerprint density at radius 2 is 1.96 bits per heavy atom. The molecule has 3 atom stereocenters. The number of nitrogens with one attached hydrogen (secondary N) is 2. The van der Waals surface area contributed by atoms with Crippen molar-refractivity contribution in [2.45, 2.75) is 92.0 Å². The lowest BCUT2D eigenvalue weighted by Gasteiger charge is -2.33. The lowest BCUT2D eigenvalue weighted by Crippen LogP contribution is -2.59. The van der Waals surface area contributed by atoms with Gasteiger partial charge in [-0.25, -0.2) is 10.4 Å². The van der Waals surface area contributed by atoms with Gasteiger partial charge in [0.05, 0.1) is 30.1 Å². The molecule has 4 heterocycles. The summed E-state index contributed by atoms with van der Waals surface area (Å²) in [6.07, 6.45) is 6.06. The topological polar surface area (TPSA) is 173 Å². The first kappa shape index (κ1) is 41.0. The molecule has 5 rings (SSSR count). The maximum absolute atomic E-state index is 13.8. The normalized spacial score (nSPS) is 15.1. The zero-order chi connectivity index (χ0) is 39.9. The fraction of sp³-hybridized carbons (Fsp3) is 0.525. The van der Waals surface area contributed by atoms with Gasteiger partial charge in [0.25, 0.3) is 5.91 Å². The Kier molecular flexibility index (Phi) is 13.4. The van der Waals surface area contributed by atoms with Crippen molar-refractivity contribution < 1.29 is 28.4 Å². The van der Waals surface area contributed by atoms with Crippen molar-refractivity contribution in [1.82, 2.24) is 35.2 Å². The third-order valence-corrected chi connectivity index (χ3v) is 10.2. The van der Waals surface area contributed by atoms with Crippen molar-refractivity contribution in [2.24, 2.45) is 16.7 Å². The summed E-state index contributed by atoms with van der Waals surface area (Å²) in [6.45, 7) is 13.8. The van der Waals surface area contributed by atoms with Gasteiger partial charge in [0.1, 0.15) is 18.7 Å². The number of hydrogen-bond donors (Lipinski definition) is 2. The molecule has 15 nitrogen and oxygen atoms in total. The summed E-state index contributed by atoms with van der Waals surface area (Å²) < 4.78 is 14.3. The van der Waals surface area contributed by atoms with Gasteiger partial charge in [0.15, 0.2) is 17.0 Å². The lowest BCUT2D eigenvalue weighted by atomic mass is 9.84. The van der Waals surface area contributed by atoms with Gasteiger partial charge in [-0.3, -0.25) is 24.4 Å². The second kappa shape index (κ2) is 18.0. The number of aromatic nitrogens is 3. The number of carbonyl (C=O) groups is 3. The molecule has 1 aliphatic rings. The van der Waals surface area contributed by atoms with E-state index in [0.29, 0.717) is 38.2 Å². The molecule has 1 saturated heterocycles. The minimum atomic E-state index is -0.991. The molecule has 0 saturated carbocycles. The van der Waals surface area contributed by atoms with E-state index in [4.69, 9.17) is 19.0 Å². The Morgan fingerprint density at radius 3 is 2.62 bits per heavy atom. The van der Waals surface area contributed by atoms with E-state index in [1.165, 1.54) is 9.91 Å². The number of ether oxygens (including phenoxy) is 1. The molecular weight excluding hydrogens is 704 g/mol. The van der Waals surface area contributed by atoms with Crippen LogP contribution in [0, 0.1) is 16.2 Å². The summed E-state index contributed by atoms with van der Waals surface area (Å²) in [5.41, 5.74) is 8.22. The SMILES string of the molecule is CCn1c(-c2cccnc2C(C)OC)c(CC(C)(C)CON=O)c2cc(-c3cnc(CC(NC(=O)C(C(C)C)N(C)C=O)C(=O)N4CCCCN4)o3)ccc21. The molecule has 0 radical (unpaired) electrons. The van der Waals surface area contributed by atoms with Crippen LogP contribution in [0.3, 0.4) is 0 Å².